The number of anilines is 1. The minimum atomic E-state index is -0.314. The molecule has 0 aliphatic heterocycles. The lowest BCUT2D eigenvalue weighted by molar-refractivity contribution is -0.111. The van der Waals surface area contributed by atoms with Gasteiger partial charge >= 0.3 is 0 Å². The maximum atomic E-state index is 12.0. The molecule has 0 radical (unpaired) electrons. The van der Waals surface area contributed by atoms with Crippen LogP contribution in [0.15, 0.2) is 42.5 Å². The van der Waals surface area contributed by atoms with E-state index in [0.717, 1.165) is 5.56 Å². The molecule has 2 rings (SSSR count). The highest BCUT2D eigenvalue weighted by molar-refractivity contribution is 6.32. The quantitative estimate of drug-likeness (QED) is 0.837. The molecule has 0 spiro atoms. The molecule has 0 unspecified atom stereocenters. The Bertz CT molecular complexity index is 825. The number of nitriles is 1. The van der Waals surface area contributed by atoms with Crippen LogP contribution in [0.2, 0.25) is 5.02 Å². The number of amides is 1. The highest BCUT2D eigenvalue weighted by atomic mass is 35.5. The lowest BCUT2D eigenvalue weighted by Gasteiger charge is -2.07. The Kier molecular flexibility index (Phi) is 5.83. The SMILES string of the molecule is COc1ccc(C=CC(=O)Nc2ccc(C#N)c(Cl)c2)cc1OC. The molecule has 2 aromatic rings. The molecular formula is C18H15ClN2O3. The van der Waals surface area contributed by atoms with Crippen molar-refractivity contribution in [3.63, 3.8) is 0 Å². The third kappa shape index (κ3) is 4.28. The summed E-state index contributed by atoms with van der Waals surface area (Å²) in [7, 11) is 3.11. The van der Waals surface area contributed by atoms with Gasteiger partial charge in [-0.1, -0.05) is 17.7 Å². The van der Waals surface area contributed by atoms with Gasteiger partial charge < -0.3 is 14.8 Å². The average molecular weight is 343 g/mol. The number of hydrogen-bond acceptors (Lipinski definition) is 4. The third-order valence-corrected chi connectivity index (χ3v) is 3.50. The van der Waals surface area contributed by atoms with Gasteiger partial charge in [-0.2, -0.15) is 5.26 Å². The molecule has 1 amide bonds. The van der Waals surface area contributed by atoms with Gasteiger partial charge in [0.1, 0.15) is 6.07 Å². The topological polar surface area (TPSA) is 71.3 Å². The van der Waals surface area contributed by atoms with Gasteiger partial charge in [-0.15, -0.1) is 0 Å². The fraction of sp³-hybridized carbons (Fsp3) is 0.111. The van der Waals surface area contributed by atoms with Crippen LogP contribution < -0.4 is 14.8 Å². The molecule has 1 N–H and O–H groups in total. The highest BCUT2D eigenvalue weighted by Gasteiger charge is 2.05. The summed E-state index contributed by atoms with van der Waals surface area (Å²) in [6, 6.07) is 12.0. The molecule has 0 heterocycles. The predicted molar refractivity (Wildman–Crippen MR) is 93.4 cm³/mol. The first-order valence-corrected chi connectivity index (χ1v) is 7.36. The summed E-state index contributed by atoms with van der Waals surface area (Å²) in [6.45, 7) is 0. The van der Waals surface area contributed by atoms with E-state index in [0.29, 0.717) is 27.8 Å². The number of hydrogen-bond donors (Lipinski definition) is 1. The van der Waals surface area contributed by atoms with E-state index in [1.165, 1.54) is 12.1 Å². The Labute approximate surface area is 145 Å². The van der Waals surface area contributed by atoms with E-state index < -0.39 is 0 Å². The minimum Gasteiger partial charge on any atom is -0.493 e. The van der Waals surface area contributed by atoms with E-state index in [2.05, 4.69) is 5.32 Å². The largest absolute Gasteiger partial charge is 0.493 e. The number of ether oxygens (including phenoxy) is 2. The van der Waals surface area contributed by atoms with Gasteiger partial charge in [0.25, 0.3) is 0 Å². The predicted octanol–water partition coefficient (Wildman–Crippen LogP) is 3.88. The van der Waals surface area contributed by atoms with E-state index in [-0.39, 0.29) is 5.91 Å². The molecule has 24 heavy (non-hydrogen) atoms. The summed E-state index contributed by atoms with van der Waals surface area (Å²) in [5.41, 5.74) is 1.66. The zero-order valence-corrected chi connectivity index (χ0v) is 13.9. The van der Waals surface area contributed by atoms with E-state index in [9.17, 15) is 4.79 Å². The molecule has 0 fully saturated rings. The van der Waals surface area contributed by atoms with Crippen LogP contribution in [0.25, 0.3) is 6.08 Å². The van der Waals surface area contributed by atoms with Crippen LogP contribution in [0.3, 0.4) is 0 Å². The minimum absolute atomic E-state index is 0.291. The number of methoxy groups -OCH3 is 2. The molecule has 0 aliphatic carbocycles. The second-order valence-corrected chi connectivity index (χ2v) is 5.15. The van der Waals surface area contributed by atoms with Crippen molar-refractivity contribution in [2.24, 2.45) is 0 Å². The summed E-state index contributed by atoms with van der Waals surface area (Å²) >= 11 is 5.93. The lowest BCUT2D eigenvalue weighted by Crippen LogP contribution is -2.07. The number of benzene rings is 2. The molecule has 0 bridgehead atoms. The Balaban J connectivity index is 2.08. The monoisotopic (exact) mass is 342 g/mol. The van der Waals surface area contributed by atoms with Crippen molar-refractivity contribution in [3.05, 3.63) is 58.6 Å². The van der Waals surface area contributed by atoms with Gasteiger partial charge in [-0.25, -0.2) is 0 Å². The first-order valence-electron chi connectivity index (χ1n) is 6.98. The molecule has 5 nitrogen and oxygen atoms in total. The lowest BCUT2D eigenvalue weighted by atomic mass is 10.2. The summed E-state index contributed by atoms with van der Waals surface area (Å²) < 4.78 is 10.4. The fourth-order valence-corrected chi connectivity index (χ4v) is 2.22. The Morgan fingerprint density at radius 3 is 2.54 bits per heavy atom. The van der Waals surface area contributed by atoms with E-state index in [1.54, 1.807) is 44.6 Å². The standard InChI is InChI=1S/C18H15ClN2O3/c1-23-16-7-3-12(9-17(16)24-2)4-8-18(22)21-14-6-5-13(11-20)15(19)10-14/h3-10H,1-2H3,(H,21,22). The van der Waals surface area contributed by atoms with E-state index in [4.69, 9.17) is 26.3 Å². The number of carbonyl (C=O) groups is 1. The van der Waals surface area contributed by atoms with Crippen LogP contribution in [-0.2, 0) is 4.79 Å². The van der Waals surface area contributed by atoms with Gasteiger partial charge in [0.2, 0.25) is 5.91 Å². The first kappa shape index (κ1) is 17.4. The Hall–Kier alpha value is -2.97. The number of carbonyl (C=O) groups excluding carboxylic acids is 1. The van der Waals surface area contributed by atoms with Crippen LogP contribution >= 0.6 is 11.6 Å². The van der Waals surface area contributed by atoms with Gasteiger partial charge in [0.15, 0.2) is 11.5 Å². The highest BCUT2D eigenvalue weighted by Crippen LogP contribution is 2.28. The number of nitrogens with one attached hydrogen (secondary N) is 1. The van der Waals surface area contributed by atoms with Gasteiger partial charge in [0, 0.05) is 11.8 Å². The molecule has 0 aromatic heterocycles. The number of halogens is 1. The van der Waals surface area contributed by atoms with Gasteiger partial charge in [-0.3, -0.25) is 4.79 Å². The molecule has 0 atom stereocenters. The van der Waals surface area contributed by atoms with Crippen LogP contribution in [0.1, 0.15) is 11.1 Å². The summed E-state index contributed by atoms with van der Waals surface area (Å²) in [5.74, 6) is 0.885. The summed E-state index contributed by atoms with van der Waals surface area (Å²) in [4.78, 5) is 12.0. The number of rotatable bonds is 5. The zero-order valence-electron chi connectivity index (χ0n) is 13.2. The van der Waals surface area contributed by atoms with Crippen molar-refractivity contribution < 1.29 is 14.3 Å². The van der Waals surface area contributed by atoms with Crippen LogP contribution in [0, 0.1) is 11.3 Å². The molecule has 0 saturated carbocycles. The second kappa shape index (κ2) is 8.04. The van der Waals surface area contributed by atoms with Gasteiger partial charge in [0.05, 0.1) is 24.8 Å². The van der Waals surface area contributed by atoms with Crippen LogP contribution in [0.5, 0.6) is 11.5 Å². The first-order chi connectivity index (χ1) is 11.6. The average Bonchev–Trinajstić information content (AvgIpc) is 2.59. The van der Waals surface area contributed by atoms with Crippen molar-refractivity contribution in [2.75, 3.05) is 19.5 Å². The normalized spacial score (nSPS) is 10.2. The molecular weight excluding hydrogens is 328 g/mol. The zero-order chi connectivity index (χ0) is 17.5. The van der Waals surface area contributed by atoms with Crippen molar-refractivity contribution in [1.82, 2.24) is 0 Å². The Morgan fingerprint density at radius 2 is 1.92 bits per heavy atom. The van der Waals surface area contributed by atoms with Crippen LogP contribution in [-0.4, -0.2) is 20.1 Å². The van der Waals surface area contributed by atoms with E-state index in [1.807, 2.05) is 12.1 Å². The second-order valence-electron chi connectivity index (χ2n) is 4.74. The maximum Gasteiger partial charge on any atom is 0.248 e. The van der Waals surface area contributed by atoms with Crippen molar-refractivity contribution in [2.45, 2.75) is 0 Å². The molecule has 122 valence electrons. The van der Waals surface area contributed by atoms with Crippen LogP contribution in [0.4, 0.5) is 5.69 Å². The molecule has 2 aromatic carbocycles. The maximum absolute atomic E-state index is 12.0. The van der Waals surface area contributed by atoms with Gasteiger partial charge in [-0.05, 0) is 42.0 Å². The van der Waals surface area contributed by atoms with Crippen molar-refractivity contribution in [1.29, 1.82) is 5.26 Å². The molecule has 0 saturated heterocycles. The fourth-order valence-electron chi connectivity index (χ4n) is 2.00. The summed E-state index contributed by atoms with van der Waals surface area (Å²) in [5, 5.41) is 11.8. The third-order valence-electron chi connectivity index (χ3n) is 3.19. The Morgan fingerprint density at radius 1 is 1.17 bits per heavy atom. The summed E-state index contributed by atoms with van der Waals surface area (Å²) in [6.07, 6.45) is 3.05. The molecule has 6 heteroatoms. The number of nitrogens with zero attached hydrogens (tertiary/aromatic N) is 1. The van der Waals surface area contributed by atoms with Crippen molar-refractivity contribution in [3.8, 4) is 17.6 Å². The van der Waals surface area contributed by atoms with Crippen molar-refractivity contribution >= 4 is 29.3 Å². The smallest absolute Gasteiger partial charge is 0.248 e. The molecule has 0 aliphatic rings. The van der Waals surface area contributed by atoms with E-state index >= 15 is 0 Å².